The SMILES string of the molecule is CC(C)(C)c1nc(-c2cc(F)cc(NC(=O)Nc3ccc(S(C)(=O)=O)cc3)c2)c(-c2ccnc(N)n2)[nH]1. The number of nitrogens with one attached hydrogen (secondary N) is 3. The van der Waals surface area contributed by atoms with Crippen molar-refractivity contribution < 1.29 is 17.6 Å². The van der Waals surface area contributed by atoms with Crippen molar-refractivity contribution in [1.29, 1.82) is 0 Å². The van der Waals surface area contributed by atoms with Crippen LogP contribution < -0.4 is 16.4 Å². The summed E-state index contributed by atoms with van der Waals surface area (Å²) in [6, 6.07) is 10.8. The molecule has 0 bridgehead atoms. The van der Waals surface area contributed by atoms with Gasteiger partial charge in [0, 0.05) is 34.8 Å². The van der Waals surface area contributed by atoms with E-state index >= 15 is 0 Å². The number of benzene rings is 2. The first-order chi connectivity index (χ1) is 17.3. The minimum atomic E-state index is -3.36. The molecule has 0 aliphatic rings. The molecular weight excluding hydrogens is 497 g/mol. The van der Waals surface area contributed by atoms with E-state index in [0.717, 1.165) is 6.26 Å². The summed E-state index contributed by atoms with van der Waals surface area (Å²) in [6.07, 6.45) is 2.61. The van der Waals surface area contributed by atoms with E-state index in [-0.39, 0.29) is 21.9 Å². The third-order valence-corrected chi connectivity index (χ3v) is 6.44. The number of rotatable bonds is 5. The maximum atomic E-state index is 14.7. The van der Waals surface area contributed by atoms with E-state index in [0.29, 0.717) is 34.2 Å². The summed E-state index contributed by atoms with van der Waals surface area (Å²) in [4.78, 5) is 28.9. The van der Waals surface area contributed by atoms with Crippen molar-refractivity contribution in [3.63, 3.8) is 0 Å². The minimum absolute atomic E-state index is 0.0817. The van der Waals surface area contributed by atoms with E-state index in [1.807, 2.05) is 20.8 Å². The average Bonchev–Trinajstić information content (AvgIpc) is 3.25. The van der Waals surface area contributed by atoms with Gasteiger partial charge in [-0.05, 0) is 48.5 Å². The first kappa shape index (κ1) is 25.8. The molecule has 4 aromatic rings. The summed E-state index contributed by atoms with van der Waals surface area (Å²) in [6.45, 7) is 5.96. The number of imidazole rings is 1. The van der Waals surface area contributed by atoms with Crippen LogP contribution in [0.3, 0.4) is 0 Å². The highest BCUT2D eigenvalue weighted by atomic mass is 32.2. The van der Waals surface area contributed by atoms with Crippen LogP contribution in [0.15, 0.2) is 59.6 Å². The molecule has 2 amide bonds. The minimum Gasteiger partial charge on any atom is -0.368 e. The summed E-state index contributed by atoms with van der Waals surface area (Å²) in [5.41, 5.74) is 7.85. The van der Waals surface area contributed by atoms with Gasteiger partial charge in [-0.15, -0.1) is 0 Å². The Morgan fingerprint density at radius 1 is 1.00 bits per heavy atom. The Labute approximate surface area is 213 Å². The highest BCUT2D eigenvalue weighted by Gasteiger charge is 2.24. The average molecular weight is 524 g/mol. The molecular formula is C25H26FN7O3S. The van der Waals surface area contributed by atoms with Crippen LogP contribution in [0, 0.1) is 5.82 Å². The number of amides is 2. The Balaban J connectivity index is 1.65. The molecule has 10 nitrogen and oxygen atoms in total. The van der Waals surface area contributed by atoms with Crippen LogP contribution in [0.5, 0.6) is 0 Å². The van der Waals surface area contributed by atoms with Crippen molar-refractivity contribution in [2.75, 3.05) is 22.6 Å². The first-order valence-corrected chi connectivity index (χ1v) is 13.1. The molecule has 0 saturated carbocycles. The van der Waals surface area contributed by atoms with Gasteiger partial charge < -0.3 is 21.4 Å². The van der Waals surface area contributed by atoms with E-state index < -0.39 is 21.7 Å². The lowest BCUT2D eigenvalue weighted by molar-refractivity contribution is 0.262. The van der Waals surface area contributed by atoms with Gasteiger partial charge in [0.2, 0.25) is 5.95 Å². The second-order valence-electron chi connectivity index (χ2n) is 9.46. The van der Waals surface area contributed by atoms with Gasteiger partial charge in [0.25, 0.3) is 0 Å². The fourth-order valence-corrected chi connectivity index (χ4v) is 4.14. The fourth-order valence-electron chi connectivity index (χ4n) is 3.51. The van der Waals surface area contributed by atoms with Crippen LogP contribution in [0.4, 0.5) is 26.5 Å². The van der Waals surface area contributed by atoms with Crippen LogP contribution in [-0.4, -0.2) is 40.6 Å². The van der Waals surface area contributed by atoms with Crippen LogP contribution >= 0.6 is 0 Å². The Hall–Kier alpha value is -4.32. The number of hydrogen-bond acceptors (Lipinski definition) is 7. The number of nitrogens with two attached hydrogens (primary N) is 1. The lowest BCUT2D eigenvalue weighted by atomic mass is 9.96. The normalized spacial score (nSPS) is 11.8. The molecule has 0 atom stereocenters. The summed E-state index contributed by atoms with van der Waals surface area (Å²) in [7, 11) is -3.36. The topological polar surface area (TPSA) is 156 Å². The molecule has 4 rings (SSSR count). The molecule has 0 spiro atoms. The molecule has 192 valence electrons. The third kappa shape index (κ3) is 6.09. The van der Waals surface area contributed by atoms with Gasteiger partial charge in [0.05, 0.1) is 22.0 Å². The van der Waals surface area contributed by atoms with Crippen LogP contribution in [0.25, 0.3) is 22.6 Å². The molecule has 2 aromatic heterocycles. The number of carbonyl (C=O) groups is 1. The number of urea groups is 1. The summed E-state index contributed by atoms with van der Waals surface area (Å²) in [5.74, 6) is 0.153. The number of anilines is 3. The number of hydrogen-bond donors (Lipinski definition) is 4. The van der Waals surface area contributed by atoms with Crippen molar-refractivity contribution in [3.8, 4) is 22.6 Å². The van der Waals surface area contributed by atoms with Crippen molar-refractivity contribution in [1.82, 2.24) is 19.9 Å². The number of aromatic amines is 1. The van der Waals surface area contributed by atoms with Crippen molar-refractivity contribution in [3.05, 3.63) is 66.4 Å². The Morgan fingerprint density at radius 2 is 1.68 bits per heavy atom. The quantitative estimate of drug-likeness (QED) is 0.298. The number of nitrogens with zero attached hydrogens (tertiary/aromatic N) is 3. The van der Waals surface area contributed by atoms with Gasteiger partial charge in [0.15, 0.2) is 9.84 Å². The zero-order valence-electron chi connectivity index (χ0n) is 20.6. The van der Waals surface area contributed by atoms with E-state index in [9.17, 15) is 17.6 Å². The lowest BCUT2D eigenvalue weighted by Gasteiger charge is -2.14. The smallest absolute Gasteiger partial charge is 0.323 e. The maximum absolute atomic E-state index is 14.7. The van der Waals surface area contributed by atoms with Gasteiger partial charge in [-0.2, -0.15) is 0 Å². The molecule has 0 radical (unpaired) electrons. The van der Waals surface area contributed by atoms with Crippen LogP contribution in [0.1, 0.15) is 26.6 Å². The molecule has 37 heavy (non-hydrogen) atoms. The highest BCUT2D eigenvalue weighted by molar-refractivity contribution is 7.90. The zero-order valence-corrected chi connectivity index (χ0v) is 21.4. The van der Waals surface area contributed by atoms with E-state index in [4.69, 9.17) is 10.7 Å². The Morgan fingerprint density at radius 3 is 2.30 bits per heavy atom. The monoisotopic (exact) mass is 523 g/mol. The van der Waals surface area contributed by atoms with Gasteiger partial charge in [-0.3, -0.25) is 0 Å². The predicted molar refractivity (Wildman–Crippen MR) is 140 cm³/mol. The first-order valence-electron chi connectivity index (χ1n) is 11.2. The van der Waals surface area contributed by atoms with Crippen molar-refractivity contribution >= 4 is 33.2 Å². The maximum Gasteiger partial charge on any atom is 0.323 e. The third-order valence-electron chi connectivity index (χ3n) is 5.31. The van der Waals surface area contributed by atoms with Gasteiger partial charge >= 0.3 is 6.03 Å². The van der Waals surface area contributed by atoms with Gasteiger partial charge in [0.1, 0.15) is 11.6 Å². The lowest BCUT2D eigenvalue weighted by Crippen LogP contribution is -2.19. The van der Waals surface area contributed by atoms with Crippen LogP contribution in [0.2, 0.25) is 0 Å². The summed E-state index contributed by atoms with van der Waals surface area (Å²) < 4.78 is 37.9. The number of sulfone groups is 1. The molecule has 0 aliphatic heterocycles. The Kier molecular flexibility index (Phi) is 6.70. The summed E-state index contributed by atoms with van der Waals surface area (Å²) in [5, 5.41) is 5.20. The number of halogens is 1. The molecule has 12 heteroatoms. The molecule has 5 N–H and O–H groups in total. The molecule has 0 unspecified atom stereocenters. The molecule has 0 aliphatic carbocycles. The molecule has 2 heterocycles. The molecule has 2 aromatic carbocycles. The zero-order chi connectivity index (χ0) is 27.0. The van der Waals surface area contributed by atoms with Gasteiger partial charge in [-0.1, -0.05) is 20.8 Å². The standard InChI is InChI=1S/C25H26FN7O3S/c1-25(2,3)22-32-20(21(33-22)19-9-10-28-23(27)31-19)14-11-15(26)13-17(12-14)30-24(34)29-16-5-7-18(8-6-16)37(4,35)36/h5-13H,1-4H3,(H,32,33)(H2,27,28,31)(H2,29,30,34). The number of nitrogen functional groups attached to an aromatic ring is 1. The van der Waals surface area contributed by atoms with Crippen LogP contribution in [-0.2, 0) is 15.3 Å². The highest BCUT2D eigenvalue weighted by Crippen LogP contribution is 2.34. The largest absolute Gasteiger partial charge is 0.368 e. The number of carbonyl (C=O) groups excluding carboxylic acids is 1. The predicted octanol–water partition coefficient (Wildman–Crippen LogP) is 4.60. The summed E-state index contributed by atoms with van der Waals surface area (Å²) >= 11 is 0. The van der Waals surface area contributed by atoms with Crippen molar-refractivity contribution in [2.45, 2.75) is 31.1 Å². The fraction of sp³-hybridized carbons (Fsp3) is 0.200. The Bertz CT molecular complexity index is 1580. The number of aromatic nitrogens is 4. The number of H-pyrrole nitrogens is 1. The van der Waals surface area contributed by atoms with Gasteiger partial charge in [-0.25, -0.2) is 32.6 Å². The molecule has 0 fully saturated rings. The van der Waals surface area contributed by atoms with E-state index in [2.05, 4.69) is 25.6 Å². The van der Waals surface area contributed by atoms with Crippen molar-refractivity contribution in [2.24, 2.45) is 0 Å². The second-order valence-corrected chi connectivity index (χ2v) is 11.5. The van der Waals surface area contributed by atoms with E-state index in [1.165, 1.54) is 42.6 Å². The molecule has 0 saturated heterocycles. The second kappa shape index (κ2) is 9.62. The van der Waals surface area contributed by atoms with E-state index in [1.54, 1.807) is 12.1 Å².